The van der Waals surface area contributed by atoms with E-state index in [0.29, 0.717) is 5.92 Å². The lowest BCUT2D eigenvalue weighted by atomic mass is 10.2. The highest BCUT2D eigenvalue weighted by molar-refractivity contribution is 5.85. The van der Waals surface area contributed by atoms with Gasteiger partial charge in [-0.25, -0.2) is 0 Å². The fraction of sp³-hybridized carbons (Fsp3) is 0.667. The van der Waals surface area contributed by atoms with Crippen molar-refractivity contribution < 1.29 is 0 Å². The quantitative estimate of drug-likeness (QED) is 0.380. The second-order valence-electron chi connectivity index (χ2n) is 2.45. The molecule has 0 bridgehead atoms. The van der Waals surface area contributed by atoms with Crippen molar-refractivity contribution in [3.05, 3.63) is 0 Å². The van der Waals surface area contributed by atoms with Gasteiger partial charge in [0.2, 0.25) is 5.96 Å². The third-order valence-electron chi connectivity index (χ3n) is 0.832. The smallest absolute Gasteiger partial charge is 0.211 e. The predicted molar refractivity (Wildman–Crippen MR) is 51.0 cm³/mol. The first-order valence-corrected chi connectivity index (χ1v) is 3.23. The van der Waals surface area contributed by atoms with Crippen LogP contribution >= 0.6 is 12.4 Å². The molecular formula is C6H15ClN4. The van der Waals surface area contributed by atoms with E-state index >= 15 is 0 Å². The van der Waals surface area contributed by atoms with Crippen molar-refractivity contribution in [3.8, 4) is 0 Å². The maximum Gasteiger partial charge on any atom is 0.211 e. The summed E-state index contributed by atoms with van der Waals surface area (Å²) in [5.74, 6) is 0.595. The van der Waals surface area contributed by atoms with Crippen LogP contribution < -0.4 is 11.5 Å². The Hall–Kier alpha value is -0.770. The average molecular weight is 179 g/mol. The summed E-state index contributed by atoms with van der Waals surface area (Å²) in [5.41, 5.74) is 10.0. The summed E-state index contributed by atoms with van der Waals surface area (Å²) < 4.78 is 0. The topological polar surface area (TPSA) is 76.8 Å². The van der Waals surface area contributed by atoms with Crippen LogP contribution in [0.15, 0.2) is 10.2 Å². The first kappa shape index (κ1) is 12.9. The van der Waals surface area contributed by atoms with Crippen molar-refractivity contribution in [1.29, 1.82) is 0 Å². The zero-order chi connectivity index (χ0) is 7.98. The number of halogens is 1. The van der Waals surface area contributed by atoms with Gasteiger partial charge < -0.3 is 11.5 Å². The van der Waals surface area contributed by atoms with Crippen molar-refractivity contribution in [2.45, 2.75) is 20.3 Å². The first-order valence-electron chi connectivity index (χ1n) is 3.23. The highest BCUT2D eigenvalue weighted by Gasteiger charge is 1.86. The molecule has 0 amide bonds. The lowest BCUT2D eigenvalue weighted by molar-refractivity contribution is 0.689. The van der Waals surface area contributed by atoms with Crippen molar-refractivity contribution >= 4 is 24.6 Å². The molecule has 0 atom stereocenters. The summed E-state index contributed by atoms with van der Waals surface area (Å²) in [6, 6.07) is 0. The number of nitrogens with two attached hydrogens (primary N) is 2. The van der Waals surface area contributed by atoms with E-state index in [2.05, 4.69) is 24.1 Å². The van der Waals surface area contributed by atoms with E-state index in [1.807, 2.05) is 0 Å². The van der Waals surface area contributed by atoms with Crippen molar-refractivity contribution in [1.82, 2.24) is 0 Å². The standard InChI is InChI=1S/C6H14N4.ClH/c1-5(2)3-4-9-10-6(7)8;/h4-5H,3H2,1-2H3,(H4,7,8,10);1H/b9-4-;. The molecule has 0 aliphatic rings. The maximum atomic E-state index is 5.02. The molecule has 66 valence electrons. The maximum absolute atomic E-state index is 5.02. The molecule has 5 heteroatoms. The zero-order valence-electron chi connectivity index (χ0n) is 6.82. The van der Waals surface area contributed by atoms with Crippen molar-refractivity contribution in [2.24, 2.45) is 27.6 Å². The van der Waals surface area contributed by atoms with Gasteiger partial charge in [-0.15, -0.1) is 17.5 Å². The normalized spacial score (nSPS) is 9.73. The monoisotopic (exact) mass is 178 g/mol. The van der Waals surface area contributed by atoms with Gasteiger partial charge in [-0.2, -0.15) is 5.10 Å². The van der Waals surface area contributed by atoms with Crippen LogP contribution in [0, 0.1) is 5.92 Å². The molecule has 0 fully saturated rings. The minimum absolute atomic E-state index is 0. The van der Waals surface area contributed by atoms with Crippen molar-refractivity contribution in [2.75, 3.05) is 0 Å². The molecule has 0 aliphatic heterocycles. The largest absolute Gasteiger partial charge is 0.369 e. The van der Waals surface area contributed by atoms with Gasteiger partial charge in [-0.3, -0.25) is 0 Å². The summed E-state index contributed by atoms with van der Waals surface area (Å²) in [6.45, 7) is 4.20. The van der Waals surface area contributed by atoms with Gasteiger partial charge in [0.05, 0.1) is 0 Å². The fourth-order valence-electron chi connectivity index (χ4n) is 0.365. The molecule has 0 aromatic heterocycles. The second kappa shape index (κ2) is 7.34. The fourth-order valence-corrected chi connectivity index (χ4v) is 0.365. The number of hydrogen-bond donors (Lipinski definition) is 2. The third-order valence-corrected chi connectivity index (χ3v) is 0.832. The predicted octanol–water partition coefficient (Wildman–Crippen LogP) is 0.714. The molecule has 0 saturated carbocycles. The summed E-state index contributed by atoms with van der Waals surface area (Å²) in [5, 5.41) is 7.06. The van der Waals surface area contributed by atoms with Crippen LogP contribution in [-0.2, 0) is 0 Å². The summed E-state index contributed by atoms with van der Waals surface area (Å²) in [7, 11) is 0. The van der Waals surface area contributed by atoms with E-state index in [1.54, 1.807) is 6.21 Å². The second-order valence-corrected chi connectivity index (χ2v) is 2.45. The Balaban J connectivity index is 0. The molecule has 0 aromatic rings. The molecule has 4 N–H and O–H groups in total. The molecule has 0 rings (SSSR count). The minimum Gasteiger partial charge on any atom is -0.369 e. The number of guanidine groups is 1. The highest BCUT2D eigenvalue weighted by Crippen LogP contribution is 1.94. The average Bonchev–Trinajstić information content (AvgIpc) is 1.79. The molecule has 0 saturated heterocycles. The summed E-state index contributed by atoms with van der Waals surface area (Å²) in [6.07, 6.45) is 2.60. The lowest BCUT2D eigenvalue weighted by Crippen LogP contribution is -2.21. The Morgan fingerprint density at radius 3 is 2.36 bits per heavy atom. The van der Waals surface area contributed by atoms with Crippen molar-refractivity contribution in [3.63, 3.8) is 0 Å². The Morgan fingerprint density at radius 1 is 1.45 bits per heavy atom. The summed E-state index contributed by atoms with van der Waals surface area (Å²) >= 11 is 0. The van der Waals surface area contributed by atoms with Crippen LogP contribution in [0.5, 0.6) is 0 Å². The number of rotatable bonds is 3. The van der Waals surface area contributed by atoms with E-state index in [4.69, 9.17) is 11.5 Å². The molecule has 0 heterocycles. The number of nitrogens with zero attached hydrogens (tertiary/aromatic N) is 2. The highest BCUT2D eigenvalue weighted by atomic mass is 35.5. The lowest BCUT2D eigenvalue weighted by Gasteiger charge is -1.93. The zero-order valence-corrected chi connectivity index (χ0v) is 7.64. The Labute approximate surface area is 73.2 Å². The van der Waals surface area contributed by atoms with E-state index in [1.165, 1.54) is 0 Å². The SMILES string of the molecule is CC(C)C/C=N\N=C(N)N.Cl. The molecule has 0 aromatic carbocycles. The summed E-state index contributed by atoms with van der Waals surface area (Å²) in [4.78, 5) is 0. The van der Waals surface area contributed by atoms with Gasteiger partial charge >= 0.3 is 0 Å². The molecule has 0 spiro atoms. The van der Waals surface area contributed by atoms with Crippen LogP contribution in [-0.4, -0.2) is 12.2 Å². The van der Waals surface area contributed by atoms with Gasteiger partial charge in [0.1, 0.15) is 0 Å². The van der Waals surface area contributed by atoms with Crippen LogP contribution in [0.1, 0.15) is 20.3 Å². The van der Waals surface area contributed by atoms with Gasteiger partial charge in [0.25, 0.3) is 0 Å². The van der Waals surface area contributed by atoms with E-state index < -0.39 is 0 Å². The molecule has 0 unspecified atom stereocenters. The molecule has 4 nitrogen and oxygen atoms in total. The van der Waals surface area contributed by atoms with Crippen LogP contribution in [0.3, 0.4) is 0 Å². The van der Waals surface area contributed by atoms with Gasteiger partial charge in [-0.1, -0.05) is 13.8 Å². The molecule has 0 radical (unpaired) electrons. The van der Waals surface area contributed by atoms with E-state index in [9.17, 15) is 0 Å². The van der Waals surface area contributed by atoms with Gasteiger partial charge in [0.15, 0.2) is 0 Å². The van der Waals surface area contributed by atoms with Crippen LogP contribution in [0.4, 0.5) is 0 Å². The minimum atomic E-state index is 0. The molecule has 11 heavy (non-hydrogen) atoms. The van der Waals surface area contributed by atoms with Crippen LogP contribution in [0.2, 0.25) is 0 Å². The van der Waals surface area contributed by atoms with Gasteiger partial charge in [0, 0.05) is 6.21 Å². The van der Waals surface area contributed by atoms with E-state index in [-0.39, 0.29) is 18.4 Å². The molecular weight excluding hydrogens is 164 g/mol. The Bertz CT molecular complexity index is 138. The number of hydrogen-bond acceptors (Lipinski definition) is 2. The first-order chi connectivity index (χ1) is 4.63. The Morgan fingerprint density at radius 2 is 2.00 bits per heavy atom. The molecule has 0 aliphatic carbocycles. The Kier molecular flexibility index (Phi) is 8.58. The van der Waals surface area contributed by atoms with Gasteiger partial charge in [-0.05, 0) is 12.3 Å². The van der Waals surface area contributed by atoms with E-state index in [0.717, 1.165) is 6.42 Å². The van der Waals surface area contributed by atoms with Crippen LogP contribution in [0.25, 0.3) is 0 Å². The third kappa shape index (κ3) is 12.4.